The Labute approximate surface area is 327 Å². The van der Waals surface area contributed by atoms with Crippen molar-refractivity contribution >= 4 is 22.6 Å². The molecule has 0 radical (unpaired) electrons. The number of nitriles is 1. The van der Waals surface area contributed by atoms with E-state index in [2.05, 4.69) is 111 Å². The van der Waals surface area contributed by atoms with Crippen molar-refractivity contribution in [1.82, 2.24) is 19.9 Å². The van der Waals surface area contributed by atoms with Crippen LogP contribution in [-0.2, 0) is 24.0 Å². The third kappa shape index (κ3) is 9.65. The highest BCUT2D eigenvalue weighted by atomic mass is 127. The maximum absolute atomic E-state index is 9.04. The predicted octanol–water partition coefficient (Wildman–Crippen LogP) is 10.5. The number of ether oxygens (including phenoxy) is 2. The predicted molar refractivity (Wildman–Crippen MR) is 219 cm³/mol. The van der Waals surface area contributed by atoms with Crippen molar-refractivity contribution in [3.05, 3.63) is 177 Å². The maximum Gasteiger partial charge on any atom is 0.138 e. The zero-order chi connectivity index (χ0) is 37.8. The largest absolute Gasteiger partial charge is 0.486 e. The first kappa shape index (κ1) is 39.1. The Balaban J connectivity index is 0.000000204. The lowest BCUT2D eigenvalue weighted by Crippen LogP contribution is -2.31. The quantitative estimate of drug-likeness (QED) is 0.114. The first-order chi connectivity index (χ1) is 25.5. The molecule has 6 aromatic rings. The number of benzene rings is 2. The van der Waals surface area contributed by atoms with Gasteiger partial charge in [0.1, 0.15) is 24.7 Å². The van der Waals surface area contributed by atoms with Crippen molar-refractivity contribution in [2.75, 3.05) is 0 Å². The Morgan fingerprint density at radius 2 is 1.02 bits per heavy atom. The van der Waals surface area contributed by atoms with Gasteiger partial charge in [0.05, 0.1) is 46.8 Å². The van der Waals surface area contributed by atoms with E-state index >= 15 is 0 Å². The van der Waals surface area contributed by atoms with E-state index in [9.17, 15) is 0 Å². The van der Waals surface area contributed by atoms with Gasteiger partial charge in [0, 0.05) is 26.8 Å². The van der Waals surface area contributed by atoms with Gasteiger partial charge in [-0.05, 0) is 132 Å². The van der Waals surface area contributed by atoms with Gasteiger partial charge in [-0.25, -0.2) is 0 Å². The van der Waals surface area contributed by atoms with Crippen LogP contribution in [0, 0.1) is 26.7 Å². The van der Waals surface area contributed by atoms with Crippen molar-refractivity contribution in [3.8, 4) is 17.6 Å². The molecule has 0 aliphatic heterocycles. The second kappa shape index (κ2) is 18.1. The molecule has 0 saturated carbocycles. The third-order valence-corrected chi connectivity index (χ3v) is 10.8. The van der Waals surface area contributed by atoms with E-state index in [4.69, 9.17) is 24.7 Å². The smallest absolute Gasteiger partial charge is 0.138 e. The van der Waals surface area contributed by atoms with E-state index in [1.54, 1.807) is 18.6 Å². The van der Waals surface area contributed by atoms with E-state index in [1.165, 1.54) is 9.13 Å². The molecule has 2 unspecified atom stereocenters. The summed E-state index contributed by atoms with van der Waals surface area (Å²) in [5, 5.41) is 9.04. The van der Waals surface area contributed by atoms with Crippen molar-refractivity contribution in [2.45, 2.75) is 65.6 Å². The summed E-state index contributed by atoms with van der Waals surface area (Å²) >= 11 is 2.34. The number of pyridine rings is 4. The number of halogens is 1. The van der Waals surface area contributed by atoms with E-state index < -0.39 is 0 Å². The molecule has 0 amide bonds. The van der Waals surface area contributed by atoms with Crippen LogP contribution in [0.25, 0.3) is 0 Å². The lowest BCUT2D eigenvalue weighted by atomic mass is 9.70. The number of aromatic nitrogens is 4. The highest BCUT2D eigenvalue weighted by Crippen LogP contribution is 2.39. The van der Waals surface area contributed by atoms with E-state index in [1.807, 2.05) is 85.1 Å². The molecule has 0 fully saturated rings. The van der Waals surface area contributed by atoms with E-state index in [0.29, 0.717) is 30.6 Å². The number of hydrogen-bond acceptors (Lipinski definition) is 7. The lowest BCUT2D eigenvalue weighted by molar-refractivity contribution is 0.299. The Kier molecular flexibility index (Phi) is 13.3. The molecular weight excluding hydrogens is 769 g/mol. The fraction of sp³-hybridized carbons (Fsp3) is 0.267. The van der Waals surface area contributed by atoms with Crippen molar-refractivity contribution in [3.63, 3.8) is 0 Å². The average Bonchev–Trinajstić information content (AvgIpc) is 3.20. The van der Waals surface area contributed by atoms with Crippen LogP contribution in [0.3, 0.4) is 0 Å². The maximum atomic E-state index is 9.04. The third-order valence-electron chi connectivity index (χ3n) is 10.1. The number of nitrogens with zero attached hydrogens (tertiary/aromatic N) is 5. The molecule has 0 spiro atoms. The molecule has 0 N–H and O–H groups in total. The first-order valence-corrected chi connectivity index (χ1v) is 18.9. The molecule has 53 heavy (non-hydrogen) atoms. The summed E-state index contributed by atoms with van der Waals surface area (Å²) in [6, 6.07) is 38.3. The fourth-order valence-corrected chi connectivity index (χ4v) is 6.43. The van der Waals surface area contributed by atoms with Crippen LogP contribution in [0.5, 0.6) is 11.5 Å². The van der Waals surface area contributed by atoms with Crippen LogP contribution in [0.1, 0.15) is 81.0 Å². The van der Waals surface area contributed by atoms with Crippen LogP contribution in [0.15, 0.2) is 134 Å². The molecule has 4 heterocycles. The van der Waals surface area contributed by atoms with Gasteiger partial charge in [0.15, 0.2) is 0 Å². The monoisotopic (exact) mass is 815 g/mol. The standard InChI is InChI=1S/C23H23N3O.C22H23IN2O/c1-17(2)23(3,19-9-7-18(14-24)8-10-19)22-12-11-21(15-26-22)27-16-20-6-4-5-13-25-20;1-16(2)22(3,17-7-9-18(23)10-8-17)21-12-11-20(14-25-21)26-15-19-6-4-5-13-24-19/h4-13,15,17H,16H2,1-3H3;4-14,16H,15H2,1-3H3. The Hall–Kier alpha value is -5.14. The molecule has 7 nitrogen and oxygen atoms in total. The Bertz CT molecular complexity index is 2050. The van der Waals surface area contributed by atoms with Gasteiger partial charge in [-0.3, -0.25) is 19.9 Å². The molecular formula is C45H46IN5O2. The van der Waals surface area contributed by atoms with Crippen LogP contribution in [0.4, 0.5) is 0 Å². The zero-order valence-electron chi connectivity index (χ0n) is 31.2. The van der Waals surface area contributed by atoms with Crippen molar-refractivity contribution < 1.29 is 9.47 Å². The Morgan fingerprint density at radius 1 is 0.585 bits per heavy atom. The molecule has 4 aromatic heterocycles. The molecule has 0 bridgehead atoms. The highest BCUT2D eigenvalue weighted by molar-refractivity contribution is 14.1. The minimum Gasteiger partial charge on any atom is -0.486 e. The summed E-state index contributed by atoms with van der Waals surface area (Å²) < 4.78 is 12.9. The second-order valence-corrected chi connectivity index (χ2v) is 15.1. The summed E-state index contributed by atoms with van der Waals surface area (Å²) in [6.07, 6.45) is 7.11. The molecule has 0 saturated heterocycles. The normalized spacial score (nSPS) is 13.2. The van der Waals surface area contributed by atoms with E-state index in [0.717, 1.165) is 39.8 Å². The molecule has 2 atom stereocenters. The first-order valence-electron chi connectivity index (χ1n) is 17.8. The van der Waals surface area contributed by atoms with Gasteiger partial charge in [-0.1, -0.05) is 64.1 Å². The second-order valence-electron chi connectivity index (χ2n) is 13.9. The van der Waals surface area contributed by atoms with E-state index in [-0.39, 0.29) is 10.8 Å². The molecule has 270 valence electrons. The van der Waals surface area contributed by atoms with Gasteiger partial charge < -0.3 is 9.47 Å². The molecule has 0 aliphatic rings. The van der Waals surface area contributed by atoms with Crippen LogP contribution in [0.2, 0.25) is 0 Å². The van der Waals surface area contributed by atoms with Crippen LogP contribution in [-0.4, -0.2) is 19.9 Å². The van der Waals surface area contributed by atoms with Crippen molar-refractivity contribution in [1.29, 1.82) is 5.26 Å². The Morgan fingerprint density at radius 3 is 1.36 bits per heavy atom. The fourth-order valence-electron chi connectivity index (χ4n) is 6.07. The molecule has 2 aromatic carbocycles. The minimum absolute atomic E-state index is 0.149. The van der Waals surface area contributed by atoms with Gasteiger partial charge in [-0.2, -0.15) is 5.26 Å². The van der Waals surface area contributed by atoms with Gasteiger partial charge in [-0.15, -0.1) is 0 Å². The van der Waals surface area contributed by atoms with Crippen LogP contribution >= 0.6 is 22.6 Å². The van der Waals surface area contributed by atoms with Crippen molar-refractivity contribution in [2.24, 2.45) is 11.8 Å². The zero-order valence-corrected chi connectivity index (χ0v) is 33.4. The van der Waals surface area contributed by atoms with Crippen LogP contribution < -0.4 is 9.47 Å². The van der Waals surface area contributed by atoms with Gasteiger partial charge in [0.25, 0.3) is 0 Å². The summed E-state index contributed by atoms with van der Waals surface area (Å²) in [5.41, 5.74) is 6.50. The van der Waals surface area contributed by atoms with Gasteiger partial charge in [0.2, 0.25) is 0 Å². The van der Waals surface area contributed by atoms with Gasteiger partial charge >= 0.3 is 0 Å². The topological polar surface area (TPSA) is 93.8 Å². The summed E-state index contributed by atoms with van der Waals surface area (Å²) in [4.78, 5) is 18.0. The lowest BCUT2D eigenvalue weighted by Gasteiger charge is -2.34. The number of hydrogen-bond donors (Lipinski definition) is 0. The highest BCUT2D eigenvalue weighted by Gasteiger charge is 2.35. The summed E-state index contributed by atoms with van der Waals surface area (Å²) in [5.74, 6) is 2.22. The summed E-state index contributed by atoms with van der Waals surface area (Å²) in [6.45, 7) is 14.2. The SMILES string of the molecule is CC(C)C(C)(c1ccc(C#N)cc1)c1ccc(OCc2ccccn2)cn1.CC(C)C(C)(c1ccc(I)cc1)c1ccc(OCc2ccccn2)cn1. The summed E-state index contributed by atoms with van der Waals surface area (Å²) in [7, 11) is 0. The molecule has 8 heteroatoms. The minimum atomic E-state index is -0.256. The molecule has 6 rings (SSSR count). The molecule has 0 aliphatic carbocycles. The average molecular weight is 816 g/mol. The number of rotatable bonds is 12.